The number of carbonyl (C=O) groups excluding carboxylic acids is 2. The zero-order chi connectivity index (χ0) is 23.7. The topological polar surface area (TPSA) is 119 Å². The first-order valence-corrected chi connectivity index (χ1v) is 11.4. The lowest BCUT2D eigenvalue weighted by Crippen LogP contribution is -2.40. The predicted molar refractivity (Wildman–Crippen MR) is 128 cm³/mol. The Morgan fingerprint density at radius 3 is 2.85 bits per heavy atom. The number of piperidine rings is 1. The number of nitrogen functional groups attached to an aromatic ring is 1. The molecule has 0 bridgehead atoms. The molecule has 1 saturated heterocycles. The molecule has 2 aromatic heterocycles. The van der Waals surface area contributed by atoms with Crippen LogP contribution in [0.2, 0.25) is 0 Å². The minimum Gasteiger partial charge on any atom is -0.383 e. The van der Waals surface area contributed by atoms with Gasteiger partial charge in [-0.15, -0.1) is 0 Å². The van der Waals surface area contributed by atoms with Crippen molar-refractivity contribution in [2.75, 3.05) is 18.8 Å². The molecule has 2 aliphatic rings. The summed E-state index contributed by atoms with van der Waals surface area (Å²) in [6.07, 6.45) is 6.51. The fourth-order valence-electron chi connectivity index (χ4n) is 4.19. The number of nitrogens with zero attached hydrogens (tertiary/aromatic N) is 5. The standard InChI is InChI=1S/C25H25N7O2/c1-2-21(33)31-12-4-7-19(14-31)32-24-22(23(26)27-15-28-24)20(30-32)11-8-16-5-3-6-17(13-16)25(34)29-18-9-10-18/h2-3,5-6,13,15,18-19H,1,4,7,9-10,12,14H2,(H,29,34)(H2,26,27,28)/t19-/m1/s1. The fourth-order valence-corrected chi connectivity index (χ4v) is 4.19. The van der Waals surface area contributed by atoms with Crippen molar-refractivity contribution in [3.63, 3.8) is 0 Å². The van der Waals surface area contributed by atoms with E-state index in [0.29, 0.717) is 46.8 Å². The Bertz CT molecular complexity index is 1350. The number of rotatable bonds is 4. The van der Waals surface area contributed by atoms with E-state index in [2.05, 4.69) is 33.7 Å². The lowest BCUT2D eigenvalue weighted by Gasteiger charge is -2.32. The van der Waals surface area contributed by atoms with Crippen LogP contribution in [0.1, 0.15) is 53.3 Å². The monoisotopic (exact) mass is 455 g/mol. The first-order valence-electron chi connectivity index (χ1n) is 11.4. The molecule has 1 aliphatic carbocycles. The summed E-state index contributed by atoms with van der Waals surface area (Å²) in [6, 6.07) is 7.44. The van der Waals surface area contributed by atoms with Crippen LogP contribution in [0.25, 0.3) is 11.0 Å². The SMILES string of the molecule is C=CC(=O)N1CCC[C@@H](n2nc(C#Cc3cccc(C(=O)NC4CC4)c3)c3c(N)ncnc32)C1. The summed E-state index contributed by atoms with van der Waals surface area (Å²) in [5, 5.41) is 8.31. The molecule has 0 spiro atoms. The van der Waals surface area contributed by atoms with Gasteiger partial charge in [0.15, 0.2) is 5.65 Å². The van der Waals surface area contributed by atoms with Crippen LogP contribution >= 0.6 is 0 Å². The maximum atomic E-state index is 12.4. The maximum absolute atomic E-state index is 12.4. The van der Waals surface area contributed by atoms with Crippen LogP contribution in [0.3, 0.4) is 0 Å². The molecule has 2 amide bonds. The highest BCUT2D eigenvalue weighted by molar-refractivity contribution is 5.95. The van der Waals surface area contributed by atoms with Gasteiger partial charge in [-0.3, -0.25) is 9.59 Å². The minimum atomic E-state index is -0.0964. The minimum absolute atomic E-state index is 0.0561. The van der Waals surface area contributed by atoms with E-state index in [0.717, 1.165) is 25.7 Å². The van der Waals surface area contributed by atoms with E-state index >= 15 is 0 Å². The Morgan fingerprint density at radius 2 is 2.06 bits per heavy atom. The summed E-state index contributed by atoms with van der Waals surface area (Å²) >= 11 is 0. The molecule has 9 nitrogen and oxygen atoms in total. The molecule has 1 aliphatic heterocycles. The van der Waals surface area contributed by atoms with Gasteiger partial charge in [-0.1, -0.05) is 18.6 Å². The third-order valence-electron chi connectivity index (χ3n) is 6.11. The van der Waals surface area contributed by atoms with E-state index < -0.39 is 0 Å². The number of likely N-dealkylation sites (tertiary alicyclic amines) is 1. The summed E-state index contributed by atoms with van der Waals surface area (Å²) in [5.41, 5.74) is 8.51. The first-order chi connectivity index (χ1) is 16.5. The van der Waals surface area contributed by atoms with E-state index in [9.17, 15) is 9.59 Å². The first kappa shape index (κ1) is 21.6. The summed E-state index contributed by atoms with van der Waals surface area (Å²) < 4.78 is 1.80. The number of nitrogens with two attached hydrogens (primary N) is 1. The highest BCUT2D eigenvalue weighted by Crippen LogP contribution is 2.28. The van der Waals surface area contributed by atoms with Crippen molar-refractivity contribution in [1.29, 1.82) is 0 Å². The largest absolute Gasteiger partial charge is 0.383 e. The van der Waals surface area contributed by atoms with E-state index in [-0.39, 0.29) is 23.9 Å². The van der Waals surface area contributed by atoms with Crippen molar-refractivity contribution in [2.24, 2.45) is 0 Å². The van der Waals surface area contributed by atoms with Gasteiger partial charge in [0.25, 0.3) is 5.91 Å². The van der Waals surface area contributed by atoms with E-state index in [1.165, 1.54) is 12.4 Å². The molecule has 1 aromatic carbocycles. The summed E-state index contributed by atoms with van der Waals surface area (Å²) in [6.45, 7) is 4.79. The number of benzene rings is 1. The summed E-state index contributed by atoms with van der Waals surface area (Å²) in [7, 11) is 0. The molecule has 3 N–H and O–H groups in total. The highest BCUT2D eigenvalue weighted by Gasteiger charge is 2.27. The summed E-state index contributed by atoms with van der Waals surface area (Å²) in [5.74, 6) is 6.31. The van der Waals surface area contributed by atoms with Crippen LogP contribution in [-0.4, -0.2) is 55.6 Å². The molecule has 34 heavy (non-hydrogen) atoms. The lowest BCUT2D eigenvalue weighted by molar-refractivity contribution is -0.127. The number of hydrogen-bond donors (Lipinski definition) is 2. The van der Waals surface area contributed by atoms with Gasteiger partial charge in [-0.2, -0.15) is 5.10 Å². The molecule has 0 radical (unpaired) electrons. The third kappa shape index (κ3) is 4.35. The molecule has 1 atom stereocenters. The van der Waals surface area contributed by atoms with Crippen molar-refractivity contribution in [1.82, 2.24) is 30.0 Å². The molecule has 3 heterocycles. The van der Waals surface area contributed by atoms with Crippen molar-refractivity contribution in [3.05, 3.63) is 60.1 Å². The van der Waals surface area contributed by atoms with Crippen LogP contribution in [0.15, 0.2) is 43.2 Å². The van der Waals surface area contributed by atoms with E-state index in [4.69, 9.17) is 10.8 Å². The van der Waals surface area contributed by atoms with Crippen LogP contribution in [0.4, 0.5) is 5.82 Å². The van der Waals surface area contributed by atoms with Gasteiger partial charge in [0.1, 0.15) is 17.8 Å². The second kappa shape index (κ2) is 8.98. The molecule has 1 saturated carbocycles. The lowest BCUT2D eigenvalue weighted by atomic mass is 10.1. The van der Waals surface area contributed by atoms with Crippen LogP contribution < -0.4 is 11.1 Å². The molecule has 172 valence electrons. The van der Waals surface area contributed by atoms with Crippen molar-refractivity contribution in [3.8, 4) is 11.8 Å². The number of anilines is 1. The Hall–Kier alpha value is -4.19. The van der Waals surface area contributed by atoms with Gasteiger partial charge in [0.05, 0.1) is 11.4 Å². The van der Waals surface area contributed by atoms with Gasteiger partial charge in [-0.05, 0) is 55.9 Å². The number of aromatic nitrogens is 4. The fraction of sp³-hybridized carbons (Fsp3) is 0.320. The number of carbonyl (C=O) groups is 2. The van der Waals surface area contributed by atoms with Crippen molar-refractivity contribution in [2.45, 2.75) is 37.8 Å². The predicted octanol–water partition coefficient (Wildman–Crippen LogP) is 2.05. The normalized spacial score (nSPS) is 17.6. The number of nitrogens with one attached hydrogen (secondary N) is 1. The second-order valence-corrected chi connectivity index (χ2v) is 8.61. The summed E-state index contributed by atoms with van der Waals surface area (Å²) in [4.78, 5) is 34.8. The quantitative estimate of drug-likeness (QED) is 0.459. The highest BCUT2D eigenvalue weighted by atomic mass is 16.2. The molecule has 9 heteroatoms. The van der Waals surface area contributed by atoms with Crippen LogP contribution in [0, 0.1) is 11.8 Å². The average molecular weight is 456 g/mol. The van der Waals surface area contributed by atoms with Gasteiger partial charge < -0.3 is 16.0 Å². The van der Waals surface area contributed by atoms with E-state index in [1.807, 2.05) is 12.1 Å². The van der Waals surface area contributed by atoms with Crippen molar-refractivity contribution >= 4 is 28.7 Å². The van der Waals surface area contributed by atoms with Crippen molar-refractivity contribution < 1.29 is 9.59 Å². The van der Waals surface area contributed by atoms with Gasteiger partial charge in [0, 0.05) is 30.3 Å². The van der Waals surface area contributed by atoms with Gasteiger partial charge in [-0.25, -0.2) is 14.6 Å². The zero-order valence-corrected chi connectivity index (χ0v) is 18.7. The second-order valence-electron chi connectivity index (χ2n) is 8.61. The van der Waals surface area contributed by atoms with Crippen LogP contribution in [0.5, 0.6) is 0 Å². The van der Waals surface area contributed by atoms with Crippen LogP contribution in [-0.2, 0) is 4.79 Å². The number of hydrogen-bond acceptors (Lipinski definition) is 6. The molecule has 5 rings (SSSR count). The molecular weight excluding hydrogens is 430 g/mol. The molecule has 3 aromatic rings. The third-order valence-corrected chi connectivity index (χ3v) is 6.11. The number of fused-ring (bicyclic) bond motifs is 1. The Kier molecular flexibility index (Phi) is 5.72. The molecule has 2 fully saturated rings. The smallest absolute Gasteiger partial charge is 0.251 e. The Balaban J connectivity index is 1.47. The van der Waals surface area contributed by atoms with Gasteiger partial charge >= 0.3 is 0 Å². The van der Waals surface area contributed by atoms with Gasteiger partial charge in [0.2, 0.25) is 5.91 Å². The molecule has 0 unspecified atom stereocenters. The maximum Gasteiger partial charge on any atom is 0.251 e. The number of amides is 2. The Labute approximate surface area is 197 Å². The average Bonchev–Trinajstić information content (AvgIpc) is 3.60. The van der Waals surface area contributed by atoms with E-state index in [1.54, 1.807) is 21.7 Å². The molecular formula is C25H25N7O2. The Morgan fingerprint density at radius 1 is 1.21 bits per heavy atom. The zero-order valence-electron chi connectivity index (χ0n) is 18.7.